The number of likely N-dealkylation sites (tertiary alicyclic amines) is 1. The fraction of sp³-hybridized carbons (Fsp3) is 0.500. The summed E-state index contributed by atoms with van der Waals surface area (Å²) in [5.74, 6) is -1.46. The maximum Gasteiger partial charge on any atom is 0.235 e. The highest BCUT2D eigenvalue weighted by molar-refractivity contribution is 6.12. The van der Waals surface area contributed by atoms with Crippen LogP contribution in [-0.4, -0.2) is 23.3 Å². The number of hydrogen-bond acceptors (Lipinski definition) is 4. The van der Waals surface area contributed by atoms with Gasteiger partial charge in [-0.25, -0.2) is 0 Å². The van der Waals surface area contributed by atoms with E-state index >= 15 is 0 Å². The van der Waals surface area contributed by atoms with Gasteiger partial charge in [0.05, 0.1) is 17.9 Å². The van der Waals surface area contributed by atoms with Gasteiger partial charge in [-0.1, -0.05) is 38.3 Å². The molecule has 120 valence electrons. The molecule has 0 spiro atoms. The summed E-state index contributed by atoms with van der Waals surface area (Å²) in [6, 6.07) is 9.21. The Morgan fingerprint density at radius 1 is 1.22 bits per heavy atom. The standard InChI is InChI=1S/C18H21N3O2/c1-2-3-4-5-9-21-16(22)14-15(17(21)23)18(14,11-19)12-7-6-8-13(20)10-12/h6-8,10,14-15H,2-5,9,20H2,1H3. The fourth-order valence-electron chi connectivity index (χ4n) is 3.78. The largest absolute Gasteiger partial charge is 0.399 e. The van der Waals surface area contributed by atoms with Crippen LogP contribution in [0.25, 0.3) is 0 Å². The average molecular weight is 311 g/mol. The van der Waals surface area contributed by atoms with E-state index in [0.29, 0.717) is 17.8 Å². The molecular weight excluding hydrogens is 290 g/mol. The van der Waals surface area contributed by atoms with Crippen molar-refractivity contribution in [3.8, 4) is 6.07 Å². The molecule has 0 bridgehead atoms. The first-order valence-corrected chi connectivity index (χ1v) is 8.20. The number of unbranched alkanes of at least 4 members (excludes halogenated alkanes) is 3. The van der Waals surface area contributed by atoms with E-state index in [1.807, 2.05) is 0 Å². The zero-order valence-corrected chi connectivity index (χ0v) is 13.3. The summed E-state index contributed by atoms with van der Waals surface area (Å²) < 4.78 is 0. The topological polar surface area (TPSA) is 87.2 Å². The Labute approximate surface area is 136 Å². The third-order valence-electron chi connectivity index (χ3n) is 5.05. The lowest BCUT2D eigenvalue weighted by Gasteiger charge is -2.21. The summed E-state index contributed by atoms with van der Waals surface area (Å²) in [4.78, 5) is 26.5. The fourth-order valence-corrected chi connectivity index (χ4v) is 3.78. The van der Waals surface area contributed by atoms with Crippen molar-refractivity contribution in [3.63, 3.8) is 0 Å². The highest BCUT2D eigenvalue weighted by Crippen LogP contribution is 2.64. The molecule has 2 aliphatic rings. The Bertz CT molecular complexity index is 670. The summed E-state index contributed by atoms with van der Waals surface area (Å²) >= 11 is 0. The number of rotatable bonds is 6. The molecule has 2 atom stereocenters. The Kier molecular flexibility index (Phi) is 3.85. The van der Waals surface area contributed by atoms with Crippen LogP contribution in [0.3, 0.4) is 0 Å². The van der Waals surface area contributed by atoms with Gasteiger partial charge in [0.2, 0.25) is 11.8 Å². The van der Waals surface area contributed by atoms with E-state index in [-0.39, 0.29) is 11.8 Å². The highest BCUT2D eigenvalue weighted by atomic mass is 16.2. The molecule has 0 aromatic heterocycles. The van der Waals surface area contributed by atoms with Crippen molar-refractivity contribution < 1.29 is 9.59 Å². The van der Waals surface area contributed by atoms with Crippen LogP contribution in [0, 0.1) is 23.2 Å². The molecule has 5 heteroatoms. The van der Waals surface area contributed by atoms with Crippen LogP contribution in [-0.2, 0) is 15.0 Å². The zero-order chi connectivity index (χ0) is 16.6. The van der Waals surface area contributed by atoms with E-state index in [0.717, 1.165) is 25.7 Å². The first-order chi connectivity index (χ1) is 11.1. The lowest BCUT2D eigenvalue weighted by molar-refractivity contribution is -0.142. The van der Waals surface area contributed by atoms with Crippen LogP contribution in [0.1, 0.15) is 38.2 Å². The van der Waals surface area contributed by atoms with Crippen molar-refractivity contribution in [2.75, 3.05) is 12.3 Å². The molecule has 1 aromatic rings. The number of amides is 2. The third-order valence-corrected chi connectivity index (χ3v) is 5.05. The number of anilines is 1. The predicted molar refractivity (Wildman–Crippen MR) is 86.0 cm³/mol. The number of nitriles is 1. The van der Waals surface area contributed by atoms with Gasteiger partial charge in [0.1, 0.15) is 5.41 Å². The Balaban J connectivity index is 1.78. The van der Waals surface area contributed by atoms with Gasteiger partial charge in [-0.15, -0.1) is 0 Å². The van der Waals surface area contributed by atoms with Gasteiger partial charge in [-0.3, -0.25) is 14.5 Å². The third kappa shape index (κ3) is 2.21. The van der Waals surface area contributed by atoms with Gasteiger partial charge in [-0.2, -0.15) is 5.26 Å². The zero-order valence-electron chi connectivity index (χ0n) is 13.3. The molecule has 1 aliphatic carbocycles. The average Bonchev–Trinajstić information content (AvgIpc) is 3.17. The quantitative estimate of drug-likeness (QED) is 0.496. The van der Waals surface area contributed by atoms with Crippen molar-refractivity contribution in [1.82, 2.24) is 4.90 Å². The number of piperidine rings is 1. The molecule has 2 amide bonds. The van der Waals surface area contributed by atoms with E-state index in [1.54, 1.807) is 24.3 Å². The number of imide groups is 1. The van der Waals surface area contributed by atoms with Crippen molar-refractivity contribution in [1.29, 1.82) is 5.26 Å². The molecule has 1 aromatic carbocycles. The Morgan fingerprint density at radius 3 is 2.48 bits per heavy atom. The molecule has 5 nitrogen and oxygen atoms in total. The van der Waals surface area contributed by atoms with Gasteiger partial charge in [0, 0.05) is 12.2 Å². The number of fused-ring (bicyclic) bond motifs is 1. The summed E-state index contributed by atoms with van der Waals surface area (Å²) in [7, 11) is 0. The summed E-state index contributed by atoms with van der Waals surface area (Å²) in [6.45, 7) is 2.59. The van der Waals surface area contributed by atoms with Crippen LogP contribution in [0.2, 0.25) is 0 Å². The van der Waals surface area contributed by atoms with Crippen LogP contribution in [0.5, 0.6) is 0 Å². The molecule has 1 saturated carbocycles. The number of carbonyl (C=O) groups is 2. The van der Waals surface area contributed by atoms with Crippen LogP contribution in [0.15, 0.2) is 24.3 Å². The summed E-state index contributed by atoms with van der Waals surface area (Å²) in [5.41, 5.74) is 6.00. The molecular formula is C18H21N3O2. The lowest BCUT2D eigenvalue weighted by atomic mass is 9.91. The van der Waals surface area contributed by atoms with E-state index in [1.165, 1.54) is 4.90 Å². The van der Waals surface area contributed by atoms with E-state index in [4.69, 9.17) is 5.73 Å². The number of nitrogen functional groups attached to an aromatic ring is 1. The highest BCUT2D eigenvalue weighted by Gasteiger charge is 2.78. The van der Waals surface area contributed by atoms with Crippen LogP contribution in [0.4, 0.5) is 5.69 Å². The maximum atomic E-state index is 12.6. The van der Waals surface area contributed by atoms with Gasteiger partial charge in [0.25, 0.3) is 0 Å². The van der Waals surface area contributed by atoms with E-state index in [2.05, 4.69) is 13.0 Å². The first-order valence-electron chi connectivity index (χ1n) is 8.20. The normalized spacial score (nSPS) is 28.6. The molecule has 1 aliphatic heterocycles. The minimum absolute atomic E-state index is 0.194. The molecule has 1 heterocycles. The van der Waals surface area contributed by atoms with Crippen molar-refractivity contribution in [3.05, 3.63) is 29.8 Å². The lowest BCUT2D eigenvalue weighted by Crippen LogP contribution is -2.39. The first kappa shape index (κ1) is 15.5. The second-order valence-corrected chi connectivity index (χ2v) is 6.45. The predicted octanol–water partition coefficient (Wildman–Crippen LogP) is 2.23. The molecule has 2 N–H and O–H groups in total. The monoisotopic (exact) mass is 311 g/mol. The van der Waals surface area contributed by atoms with Crippen molar-refractivity contribution in [2.45, 2.75) is 38.0 Å². The Hall–Kier alpha value is -2.35. The summed E-state index contributed by atoms with van der Waals surface area (Å²) in [6.07, 6.45) is 4.07. The van der Waals surface area contributed by atoms with Gasteiger partial charge < -0.3 is 5.73 Å². The minimum Gasteiger partial charge on any atom is -0.399 e. The van der Waals surface area contributed by atoms with Crippen molar-refractivity contribution in [2.24, 2.45) is 11.8 Å². The molecule has 1 saturated heterocycles. The Morgan fingerprint density at radius 2 is 1.91 bits per heavy atom. The van der Waals surface area contributed by atoms with Gasteiger partial charge in [0.15, 0.2) is 0 Å². The van der Waals surface area contributed by atoms with E-state index in [9.17, 15) is 14.9 Å². The number of carbonyl (C=O) groups excluding carboxylic acids is 2. The summed E-state index contributed by atoms with van der Waals surface area (Å²) in [5, 5.41) is 9.66. The molecule has 2 fully saturated rings. The maximum absolute atomic E-state index is 12.6. The number of nitrogens with zero attached hydrogens (tertiary/aromatic N) is 2. The number of benzene rings is 1. The van der Waals surface area contributed by atoms with Crippen LogP contribution < -0.4 is 5.73 Å². The molecule has 2 unspecified atom stereocenters. The number of nitrogens with two attached hydrogens (primary N) is 1. The molecule has 0 radical (unpaired) electrons. The van der Waals surface area contributed by atoms with Crippen molar-refractivity contribution >= 4 is 17.5 Å². The molecule has 3 rings (SSSR count). The smallest absolute Gasteiger partial charge is 0.235 e. The second-order valence-electron chi connectivity index (χ2n) is 6.45. The number of hydrogen-bond donors (Lipinski definition) is 1. The molecule has 23 heavy (non-hydrogen) atoms. The van der Waals surface area contributed by atoms with Gasteiger partial charge >= 0.3 is 0 Å². The minimum atomic E-state index is -1.01. The SMILES string of the molecule is CCCCCCN1C(=O)C2C(C1=O)C2(C#N)c1cccc(N)c1. The van der Waals surface area contributed by atoms with Crippen LogP contribution >= 0.6 is 0 Å². The van der Waals surface area contributed by atoms with Gasteiger partial charge in [-0.05, 0) is 24.1 Å². The van der Waals surface area contributed by atoms with E-state index < -0.39 is 17.3 Å². The second kappa shape index (κ2) is 5.69.